The Morgan fingerprint density at radius 1 is 0.903 bits per heavy atom. The summed E-state index contributed by atoms with van der Waals surface area (Å²) in [5, 5.41) is 60.2. The molecule has 3 aromatic rings. The monoisotopic (exact) mass is 430 g/mol. The van der Waals surface area contributed by atoms with Gasteiger partial charge in [-0.3, -0.25) is 9.59 Å². The van der Waals surface area contributed by atoms with Crippen molar-refractivity contribution in [3.63, 3.8) is 0 Å². The Morgan fingerprint density at radius 2 is 1.61 bits per heavy atom. The van der Waals surface area contributed by atoms with Crippen LogP contribution in [0.3, 0.4) is 0 Å². The Kier molecular flexibility index (Phi) is 4.85. The molecule has 1 aliphatic heterocycles. The predicted molar refractivity (Wildman–Crippen MR) is 105 cm³/mol. The minimum Gasteiger partial charge on any atom is -0.507 e. The van der Waals surface area contributed by atoms with Crippen molar-refractivity contribution in [2.75, 3.05) is 0 Å². The van der Waals surface area contributed by atoms with E-state index in [-0.39, 0.29) is 33.6 Å². The molecule has 31 heavy (non-hydrogen) atoms. The van der Waals surface area contributed by atoms with Crippen molar-refractivity contribution in [2.45, 2.75) is 31.3 Å². The number of Topliss-reactive ketones (excluding diaryl/α,β-unsaturated/α-hetero) is 1. The van der Waals surface area contributed by atoms with Gasteiger partial charge in [0.25, 0.3) is 0 Å². The third-order valence-electron chi connectivity index (χ3n) is 5.23. The van der Waals surface area contributed by atoms with E-state index in [1.54, 1.807) is 0 Å². The SMILES string of the molecule is CC1OC(c2c(O)cc3oc(-c4ccc(O)c(O)c4)cc(=O)c3c2O)C(O)C(O)C1=O. The van der Waals surface area contributed by atoms with E-state index in [1.165, 1.54) is 25.1 Å². The summed E-state index contributed by atoms with van der Waals surface area (Å²) >= 11 is 0. The molecule has 2 heterocycles. The van der Waals surface area contributed by atoms with Crippen molar-refractivity contribution in [3.8, 4) is 34.3 Å². The van der Waals surface area contributed by atoms with Crippen LogP contribution in [0.5, 0.6) is 23.0 Å². The summed E-state index contributed by atoms with van der Waals surface area (Å²) in [6.45, 7) is 1.34. The molecule has 162 valence electrons. The lowest BCUT2D eigenvalue weighted by atomic mass is 9.91. The van der Waals surface area contributed by atoms with Crippen LogP contribution in [0.25, 0.3) is 22.3 Å². The highest BCUT2D eigenvalue weighted by Crippen LogP contribution is 2.44. The number of aliphatic hydroxyl groups excluding tert-OH is 2. The summed E-state index contributed by atoms with van der Waals surface area (Å²) in [6.07, 6.45) is -6.20. The number of hydrogen-bond donors (Lipinski definition) is 6. The highest BCUT2D eigenvalue weighted by atomic mass is 16.5. The average Bonchev–Trinajstić information content (AvgIpc) is 2.71. The molecule has 0 spiro atoms. The number of fused-ring (bicyclic) bond motifs is 1. The number of ketones is 1. The summed E-state index contributed by atoms with van der Waals surface area (Å²) in [5.41, 5.74) is -1.04. The molecule has 6 N–H and O–H groups in total. The first-order chi connectivity index (χ1) is 14.6. The third-order valence-corrected chi connectivity index (χ3v) is 5.23. The fourth-order valence-corrected chi connectivity index (χ4v) is 3.58. The molecule has 10 heteroatoms. The lowest BCUT2D eigenvalue weighted by Crippen LogP contribution is -2.50. The number of carbonyl (C=O) groups excluding carboxylic acids is 1. The highest BCUT2D eigenvalue weighted by Gasteiger charge is 2.44. The Hall–Kier alpha value is -3.60. The zero-order valence-corrected chi connectivity index (χ0v) is 16.0. The highest BCUT2D eigenvalue weighted by molar-refractivity contribution is 5.90. The summed E-state index contributed by atoms with van der Waals surface area (Å²) < 4.78 is 11.0. The van der Waals surface area contributed by atoms with Crippen LogP contribution in [0.4, 0.5) is 0 Å². The van der Waals surface area contributed by atoms with Gasteiger partial charge in [0.05, 0.1) is 5.56 Å². The normalized spacial score (nSPS) is 23.9. The average molecular weight is 430 g/mol. The van der Waals surface area contributed by atoms with Gasteiger partial charge in [0, 0.05) is 17.7 Å². The first-order valence-corrected chi connectivity index (χ1v) is 9.20. The van der Waals surface area contributed by atoms with Crippen molar-refractivity contribution in [1.29, 1.82) is 0 Å². The second-order valence-electron chi connectivity index (χ2n) is 7.25. The van der Waals surface area contributed by atoms with E-state index in [1.807, 2.05) is 0 Å². The number of rotatable bonds is 2. The molecule has 2 aromatic carbocycles. The van der Waals surface area contributed by atoms with Crippen molar-refractivity contribution < 1.29 is 44.6 Å². The van der Waals surface area contributed by atoms with Gasteiger partial charge in [-0.05, 0) is 25.1 Å². The van der Waals surface area contributed by atoms with Crippen LogP contribution in [-0.4, -0.2) is 54.7 Å². The maximum absolute atomic E-state index is 12.7. The molecule has 4 unspecified atom stereocenters. The van der Waals surface area contributed by atoms with Gasteiger partial charge in [0.1, 0.15) is 52.6 Å². The standard InChI is InChI=1S/C21H18O10/c1-7-17(26)19(28)20(29)21(30-7)16-12(25)6-14-15(18(16)27)11(24)5-13(31-14)8-2-3-9(22)10(23)4-8/h2-7,19-23,25,27-29H,1H3. The van der Waals surface area contributed by atoms with Crippen molar-refractivity contribution in [2.24, 2.45) is 0 Å². The summed E-state index contributed by atoms with van der Waals surface area (Å²) in [4.78, 5) is 24.5. The molecule has 1 aromatic heterocycles. The zero-order chi connectivity index (χ0) is 22.6. The number of phenols is 4. The number of carbonyl (C=O) groups is 1. The van der Waals surface area contributed by atoms with Crippen LogP contribution in [0, 0.1) is 0 Å². The Morgan fingerprint density at radius 3 is 2.29 bits per heavy atom. The van der Waals surface area contributed by atoms with E-state index in [4.69, 9.17) is 9.15 Å². The lowest BCUT2D eigenvalue weighted by Gasteiger charge is -2.35. The fraction of sp³-hybridized carbons (Fsp3) is 0.238. The lowest BCUT2D eigenvalue weighted by molar-refractivity contribution is -0.181. The second-order valence-corrected chi connectivity index (χ2v) is 7.25. The molecule has 4 atom stereocenters. The van der Waals surface area contributed by atoms with Crippen LogP contribution >= 0.6 is 0 Å². The second kappa shape index (κ2) is 7.27. The molecule has 0 saturated carbocycles. The van der Waals surface area contributed by atoms with Gasteiger partial charge in [0.15, 0.2) is 22.7 Å². The Labute approximate surface area is 173 Å². The number of ether oxygens (including phenoxy) is 1. The molecule has 1 aliphatic rings. The van der Waals surface area contributed by atoms with E-state index >= 15 is 0 Å². The summed E-state index contributed by atoms with van der Waals surface area (Å²) in [7, 11) is 0. The van der Waals surface area contributed by atoms with Gasteiger partial charge in [-0.2, -0.15) is 0 Å². The van der Waals surface area contributed by atoms with Gasteiger partial charge in [-0.15, -0.1) is 0 Å². The maximum atomic E-state index is 12.7. The zero-order valence-electron chi connectivity index (χ0n) is 16.0. The topological polar surface area (TPSA) is 178 Å². The number of aromatic hydroxyl groups is 4. The van der Waals surface area contributed by atoms with E-state index in [9.17, 15) is 40.2 Å². The number of hydrogen-bond acceptors (Lipinski definition) is 10. The molecule has 4 rings (SSSR count). The van der Waals surface area contributed by atoms with E-state index in [0.717, 1.165) is 12.1 Å². The number of benzene rings is 2. The molecule has 0 amide bonds. The molecule has 10 nitrogen and oxygen atoms in total. The first-order valence-electron chi connectivity index (χ1n) is 9.20. The first kappa shape index (κ1) is 20.7. The van der Waals surface area contributed by atoms with Gasteiger partial charge in [-0.1, -0.05) is 0 Å². The predicted octanol–water partition coefficient (Wildman–Crippen LogP) is 1.03. The van der Waals surface area contributed by atoms with Crippen LogP contribution in [0.15, 0.2) is 39.5 Å². The van der Waals surface area contributed by atoms with Crippen molar-refractivity contribution in [3.05, 3.63) is 46.1 Å². The van der Waals surface area contributed by atoms with Crippen LogP contribution < -0.4 is 5.43 Å². The van der Waals surface area contributed by atoms with Crippen molar-refractivity contribution in [1.82, 2.24) is 0 Å². The molecular formula is C21H18O10. The molecule has 0 bridgehead atoms. The molecule has 1 fully saturated rings. The molecule has 0 radical (unpaired) electrons. The van der Waals surface area contributed by atoms with Gasteiger partial charge >= 0.3 is 0 Å². The van der Waals surface area contributed by atoms with E-state index in [0.29, 0.717) is 0 Å². The van der Waals surface area contributed by atoms with Gasteiger partial charge in [0.2, 0.25) is 0 Å². The minimum atomic E-state index is -1.80. The van der Waals surface area contributed by atoms with Crippen LogP contribution in [-0.2, 0) is 9.53 Å². The number of phenolic OH excluding ortho intramolecular Hbond substituents is 4. The third kappa shape index (κ3) is 3.26. The van der Waals surface area contributed by atoms with E-state index < -0.39 is 52.9 Å². The van der Waals surface area contributed by atoms with Crippen LogP contribution in [0.2, 0.25) is 0 Å². The summed E-state index contributed by atoms with van der Waals surface area (Å²) in [5.74, 6) is -2.91. The fourth-order valence-electron chi connectivity index (χ4n) is 3.58. The molecule has 1 saturated heterocycles. The van der Waals surface area contributed by atoms with Gasteiger partial charge in [-0.25, -0.2) is 0 Å². The van der Waals surface area contributed by atoms with Crippen molar-refractivity contribution >= 4 is 16.8 Å². The largest absolute Gasteiger partial charge is 0.507 e. The maximum Gasteiger partial charge on any atom is 0.197 e. The number of aliphatic hydroxyl groups is 2. The Balaban J connectivity index is 1.88. The minimum absolute atomic E-state index is 0.0112. The van der Waals surface area contributed by atoms with Gasteiger partial charge < -0.3 is 39.8 Å². The van der Waals surface area contributed by atoms with Crippen LogP contribution in [0.1, 0.15) is 18.6 Å². The quantitative estimate of drug-likeness (QED) is 0.322. The van der Waals surface area contributed by atoms with E-state index in [2.05, 4.69) is 0 Å². The smallest absolute Gasteiger partial charge is 0.197 e. The molecule has 0 aliphatic carbocycles. The molecular weight excluding hydrogens is 412 g/mol. The Bertz CT molecular complexity index is 1260. The summed E-state index contributed by atoms with van der Waals surface area (Å²) in [6, 6.07) is 5.81.